The number of piperidine rings is 1. The van der Waals surface area contributed by atoms with E-state index in [9.17, 15) is 5.11 Å². The van der Waals surface area contributed by atoms with Gasteiger partial charge in [-0.05, 0) is 63.9 Å². The normalized spacial score (nSPS) is 17.2. The first-order chi connectivity index (χ1) is 10.7. The van der Waals surface area contributed by atoms with E-state index in [1.807, 2.05) is 32.0 Å². The maximum atomic E-state index is 10.4. The molecular weight excluding hydrogens is 278 g/mol. The minimum atomic E-state index is -0.447. The molecule has 22 heavy (non-hydrogen) atoms. The molecule has 0 spiro atoms. The van der Waals surface area contributed by atoms with Crippen LogP contribution in [0.3, 0.4) is 0 Å². The molecule has 124 valence electrons. The molecular formula is C18H29NO3. The second-order valence-corrected chi connectivity index (χ2v) is 5.78. The zero-order chi connectivity index (χ0) is 15.8. The van der Waals surface area contributed by atoms with Crippen LogP contribution in [0.1, 0.15) is 51.2 Å². The number of nitrogens with zero attached hydrogens (tertiary/aromatic N) is 1. The standard InChI is InChI=1S/C18H29NO3/c1-3-21-17-9-8-15(14-18(17)22-4-2)16(20)10-13-19-11-6-5-7-12-19/h8-9,14,16,20H,3-7,10-13H2,1-2H3. The minimum Gasteiger partial charge on any atom is -0.490 e. The van der Waals surface area contributed by atoms with Crippen LogP contribution in [0, 0.1) is 0 Å². The van der Waals surface area contributed by atoms with Gasteiger partial charge in [-0.25, -0.2) is 0 Å². The lowest BCUT2D eigenvalue weighted by Crippen LogP contribution is -2.31. The molecule has 1 fully saturated rings. The van der Waals surface area contributed by atoms with Gasteiger partial charge in [0.15, 0.2) is 11.5 Å². The Balaban J connectivity index is 1.95. The molecule has 1 N–H and O–H groups in total. The molecule has 1 aromatic carbocycles. The summed E-state index contributed by atoms with van der Waals surface area (Å²) in [6.45, 7) is 8.40. The molecule has 0 aliphatic carbocycles. The zero-order valence-corrected chi connectivity index (χ0v) is 13.9. The summed E-state index contributed by atoms with van der Waals surface area (Å²) in [4.78, 5) is 2.45. The van der Waals surface area contributed by atoms with Crippen molar-refractivity contribution in [2.75, 3.05) is 32.8 Å². The van der Waals surface area contributed by atoms with E-state index in [0.717, 1.165) is 30.0 Å². The maximum absolute atomic E-state index is 10.4. The summed E-state index contributed by atoms with van der Waals surface area (Å²) < 4.78 is 11.2. The third-order valence-electron chi connectivity index (χ3n) is 4.12. The molecule has 0 bridgehead atoms. The molecule has 0 saturated carbocycles. The highest BCUT2D eigenvalue weighted by Gasteiger charge is 2.15. The van der Waals surface area contributed by atoms with Crippen LogP contribution in [-0.2, 0) is 0 Å². The van der Waals surface area contributed by atoms with Crippen LogP contribution in [0.4, 0.5) is 0 Å². The van der Waals surface area contributed by atoms with Gasteiger partial charge < -0.3 is 19.5 Å². The number of aliphatic hydroxyl groups excluding tert-OH is 1. The average molecular weight is 307 g/mol. The summed E-state index contributed by atoms with van der Waals surface area (Å²) in [6, 6.07) is 5.75. The fourth-order valence-corrected chi connectivity index (χ4v) is 2.93. The van der Waals surface area contributed by atoms with Gasteiger partial charge in [0.25, 0.3) is 0 Å². The van der Waals surface area contributed by atoms with Crippen molar-refractivity contribution in [1.29, 1.82) is 0 Å². The Morgan fingerprint density at radius 3 is 2.41 bits per heavy atom. The first kappa shape index (κ1) is 17.1. The maximum Gasteiger partial charge on any atom is 0.161 e. The van der Waals surface area contributed by atoms with Crippen LogP contribution in [0.2, 0.25) is 0 Å². The van der Waals surface area contributed by atoms with Crippen molar-refractivity contribution in [2.24, 2.45) is 0 Å². The SMILES string of the molecule is CCOc1ccc(C(O)CCN2CCCCC2)cc1OCC. The molecule has 4 heteroatoms. The van der Waals surface area contributed by atoms with Crippen LogP contribution in [-0.4, -0.2) is 42.9 Å². The van der Waals surface area contributed by atoms with Crippen molar-refractivity contribution in [3.63, 3.8) is 0 Å². The van der Waals surface area contributed by atoms with E-state index >= 15 is 0 Å². The summed E-state index contributed by atoms with van der Waals surface area (Å²) in [6.07, 6.45) is 4.23. The minimum absolute atomic E-state index is 0.447. The molecule has 0 radical (unpaired) electrons. The molecule has 1 aliphatic rings. The first-order valence-electron chi connectivity index (χ1n) is 8.54. The van der Waals surface area contributed by atoms with Crippen molar-refractivity contribution >= 4 is 0 Å². The Morgan fingerprint density at radius 2 is 1.73 bits per heavy atom. The van der Waals surface area contributed by atoms with Gasteiger partial charge in [-0.2, -0.15) is 0 Å². The molecule has 1 heterocycles. The lowest BCUT2D eigenvalue weighted by molar-refractivity contribution is 0.133. The topological polar surface area (TPSA) is 41.9 Å². The average Bonchev–Trinajstić information content (AvgIpc) is 2.55. The van der Waals surface area contributed by atoms with E-state index in [0.29, 0.717) is 13.2 Å². The van der Waals surface area contributed by atoms with Crippen LogP contribution >= 0.6 is 0 Å². The third-order valence-corrected chi connectivity index (χ3v) is 4.12. The molecule has 1 unspecified atom stereocenters. The fraction of sp³-hybridized carbons (Fsp3) is 0.667. The Morgan fingerprint density at radius 1 is 1.05 bits per heavy atom. The van der Waals surface area contributed by atoms with E-state index < -0.39 is 6.10 Å². The summed E-state index contributed by atoms with van der Waals surface area (Å²) in [5.41, 5.74) is 0.906. The quantitative estimate of drug-likeness (QED) is 0.799. The molecule has 4 nitrogen and oxygen atoms in total. The molecule has 1 aliphatic heterocycles. The van der Waals surface area contributed by atoms with Crippen molar-refractivity contribution < 1.29 is 14.6 Å². The molecule has 1 aromatic rings. The van der Waals surface area contributed by atoms with Gasteiger partial charge in [-0.3, -0.25) is 0 Å². The summed E-state index contributed by atoms with van der Waals surface area (Å²) in [5, 5.41) is 10.4. The van der Waals surface area contributed by atoms with Gasteiger partial charge in [0.05, 0.1) is 19.3 Å². The number of ether oxygens (including phenoxy) is 2. The lowest BCUT2D eigenvalue weighted by Gasteiger charge is -2.27. The van der Waals surface area contributed by atoms with Crippen molar-refractivity contribution in [3.05, 3.63) is 23.8 Å². The van der Waals surface area contributed by atoms with Crippen LogP contribution in [0.15, 0.2) is 18.2 Å². The molecule has 1 saturated heterocycles. The predicted octanol–water partition coefficient (Wildman–Crippen LogP) is 3.39. The van der Waals surface area contributed by atoms with Crippen molar-refractivity contribution in [1.82, 2.24) is 4.90 Å². The Bertz CT molecular complexity index is 444. The number of aliphatic hydroxyl groups is 1. The van der Waals surface area contributed by atoms with Crippen molar-refractivity contribution in [2.45, 2.75) is 45.6 Å². The largest absolute Gasteiger partial charge is 0.490 e. The Labute approximate surface area is 134 Å². The summed E-state index contributed by atoms with van der Waals surface area (Å²) in [7, 11) is 0. The van der Waals surface area contributed by atoms with Crippen molar-refractivity contribution in [3.8, 4) is 11.5 Å². The number of rotatable bonds is 8. The highest BCUT2D eigenvalue weighted by atomic mass is 16.5. The van der Waals surface area contributed by atoms with Gasteiger partial charge in [-0.1, -0.05) is 12.5 Å². The number of likely N-dealkylation sites (tertiary alicyclic amines) is 1. The number of benzene rings is 1. The van der Waals surface area contributed by atoms with Crippen LogP contribution < -0.4 is 9.47 Å². The fourth-order valence-electron chi connectivity index (χ4n) is 2.93. The third kappa shape index (κ3) is 4.89. The molecule has 0 aromatic heterocycles. The second kappa shape index (κ2) is 9.01. The van der Waals surface area contributed by atoms with Gasteiger partial charge in [0.1, 0.15) is 0 Å². The van der Waals surface area contributed by atoms with Gasteiger partial charge >= 0.3 is 0 Å². The van der Waals surface area contributed by atoms with E-state index in [1.165, 1.54) is 32.4 Å². The summed E-state index contributed by atoms with van der Waals surface area (Å²) >= 11 is 0. The van der Waals surface area contributed by atoms with E-state index in [2.05, 4.69) is 4.90 Å². The van der Waals surface area contributed by atoms with E-state index in [4.69, 9.17) is 9.47 Å². The lowest BCUT2D eigenvalue weighted by atomic mass is 10.0. The smallest absolute Gasteiger partial charge is 0.161 e. The van der Waals surface area contributed by atoms with Gasteiger partial charge in [-0.15, -0.1) is 0 Å². The molecule has 1 atom stereocenters. The molecule has 2 rings (SSSR count). The monoisotopic (exact) mass is 307 g/mol. The van der Waals surface area contributed by atoms with E-state index in [1.54, 1.807) is 0 Å². The number of hydrogen-bond donors (Lipinski definition) is 1. The van der Waals surface area contributed by atoms with Crippen LogP contribution in [0.25, 0.3) is 0 Å². The van der Waals surface area contributed by atoms with Crippen LogP contribution in [0.5, 0.6) is 11.5 Å². The number of hydrogen-bond acceptors (Lipinski definition) is 4. The predicted molar refractivity (Wildman–Crippen MR) is 88.6 cm³/mol. The molecule has 0 amide bonds. The zero-order valence-electron chi connectivity index (χ0n) is 13.9. The Kier molecular flexibility index (Phi) is 7.00. The van der Waals surface area contributed by atoms with Gasteiger partial charge in [0.2, 0.25) is 0 Å². The summed E-state index contributed by atoms with van der Waals surface area (Å²) in [5.74, 6) is 1.47. The van der Waals surface area contributed by atoms with Gasteiger partial charge in [0, 0.05) is 6.54 Å². The second-order valence-electron chi connectivity index (χ2n) is 5.78. The first-order valence-corrected chi connectivity index (χ1v) is 8.54. The highest BCUT2D eigenvalue weighted by molar-refractivity contribution is 5.43. The Hall–Kier alpha value is -1.26. The van der Waals surface area contributed by atoms with E-state index in [-0.39, 0.29) is 0 Å². The highest BCUT2D eigenvalue weighted by Crippen LogP contribution is 2.31.